The average molecular weight is 415 g/mol. The zero-order chi connectivity index (χ0) is 21.6. The minimum atomic E-state index is -5.08. The first kappa shape index (κ1) is 22.1. The second-order valence-corrected chi connectivity index (χ2v) is 6.12. The number of fused-ring (bicyclic) bond motifs is 1. The quantitative estimate of drug-likeness (QED) is 0.604. The molecular formula is C17H20F3N5O4. The number of carbonyl (C=O) groups is 2. The normalized spacial score (nSPS) is 13.7. The number of nitrogens with one attached hydrogen (secondary N) is 3. The van der Waals surface area contributed by atoms with Gasteiger partial charge in [0.1, 0.15) is 0 Å². The molecule has 1 aliphatic rings. The number of alkyl halides is 3. The van der Waals surface area contributed by atoms with Crippen LogP contribution in [0.4, 0.5) is 23.7 Å². The number of hydrogen-bond acceptors (Lipinski definition) is 6. The van der Waals surface area contributed by atoms with Crippen LogP contribution in [0.25, 0.3) is 0 Å². The smallest absolute Gasteiger partial charge is 0.475 e. The number of rotatable bonds is 4. The van der Waals surface area contributed by atoms with Gasteiger partial charge in [-0.05, 0) is 29.7 Å². The lowest BCUT2D eigenvalue weighted by Crippen LogP contribution is -2.32. The summed E-state index contributed by atoms with van der Waals surface area (Å²) in [6, 6.07) is 5.39. The van der Waals surface area contributed by atoms with Crippen molar-refractivity contribution in [2.45, 2.75) is 45.6 Å². The fourth-order valence-corrected chi connectivity index (χ4v) is 2.50. The summed E-state index contributed by atoms with van der Waals surface area (Å²) in [5.74, 6) is -1.78. The summed E-state index contributed by atoms with van der Waals surface area (Å²) in [6.07, 6.45) is -4.40. The number of hydrogen-bond donors (Lipinski definition) is 4. The van der Waals surface area contributed by atoms with Crippen molar-refractivity contribution in [1.29, 1.82) is 0 Å². The summed E-state index contributed by atoms with van der Waals surface area (Å²) in [4.78, 5) is 25.2. The van der Waals surface area contributed by atoms with Crippen molar-refractivity contribution >= 4 is 17.7 Å². The minimum Gasteiger partial charge on any atom is -0.475 e. The maximum absolute atomic E-state index is 12.1. The number of amides is 2. The van der Waals surface area contributed by atoms with Crippen LogP contribution in [0.1, 0.15) is 42.2 Å². The first-order chi connectivity index (χ1) is 13.6. The van der Waals surface area contributed by atoms with Crippen molar-refractivity contribution in [2.24, 2.45) is 0 Å². The Labute approximate surface area is 163 Å². The SMILES string of the molecule is CCC(NC(=O)Nc1ccc2c(c1)CNC2)c1noc(C)n1.O=C(O)C(F)(F)F. The highest BCUT2D eigenvalue weighted by atomic mass is 19.4. The molecule has 0 saturated carbocycles. The van der Waals surface area contributed by atoms with Crippen LogP contribution in [-0.2, 0) is 17.9 Å². The molecule has 3 rings (SSSR count). The Morgan fingerprint density at radius 1 is 1.31 bits per heavy atom. The maximum atomic E-state index is 12.1. The molecule has 0 aliphatic carbocycles. The molecule has 0 spiro atoms. The molecule has 0 saturated heterocycles. The van der Waals surface area contributed by atoms with Gasteiger partial charge < -0.3 is 25.6 Å². The Balaban J connectivity index is 0.000000370. The van der Waals surface area contributed by atoms with E-state index in [1.807, 2.05) is 25.1 Å². The fourth-order valence-electron chi connectivity index (χ4n) is 2.50. The number of aliphatic carboxylic acids is 1. The lowest BCUT2D eigenvalue weighted by molar-refractivity contribution is -0.192. The molecule has 1 aromatic carbocycles. The Morgan fingerprint density at radius 2 is 1.97 bits per heavy atom. The standard InChI is InChI=1S/C15H19N5O2.C2HF3O2/c1-3-13(14-17-9(2)22-20-14)19-15(21)18-12-5-4-10-7-16-8-11(10)6-12;3-2(4,5)1(6)7/h4-6,13,16H,3,7-8H2,1-2H3,(H2,18,19,21);(H,6,7). The fraction of sp³-hybridized carbons (Fsp3) is 0.412. The van der Waals surface area contributed by atoms with E-state index in [0.717, 1.165) is 18.8 Å². The number of halogens is 3. The topological polar surface area (TPSA) is 129 Å². The van der Waals surface area contributed by atoms with Gasteiger partial charge in [-0.25, -0.2) is 9.59 Å². The van der Waals surface area contributed by atoms with E-state index in [-0.39, 0.29) is 12.1 Å². The van der Waals surface area contributed by atoms with Crippen molar-refractivity contribution in [1.82, 2.24) is 20.8 Å². The molecule has 2 heterocycles. The van der Waals surface area contributed by atoms with Crippen molar-refractivity contribution < 1.29 is 32.4 Å². The van der Waals surface area contributed by atoms with Gasteiger partial charge in [0, 0.05) is 25.7 Å². The number of aryl methyl sites for hydroxylation is 1. The van der Waals surface area contributed by atoms with Gasteiger partial charge >= 0.3 is 18.2 Å². The molecule has 2 amide bonds. The Kier molecular flexibility index (Phi) is 7.15. The monoisotopic (exact) mass is 415 g/mol. The van der Waals surface area contributed by atoms with Crippen molar-refractivity contribution in [3.63, 3.8) is 0 Å². The molecule has 158 valence electrons. The number of urea groups is 1. The predicted molar refractivity (Wildman–Crippen MR) is 94.9 cm³/mol. The number of carboxylic acid groups (broad SMARTS) is 1. The molecule has 2 aromatic rings. The number of anilines is 1. The molecule has 1 aliphatic heterocycles. The highest BCUT2D eigenvalue weighted by molar-refractivity contribution is 5.89. The van der Waals surface area contributed by atoms with Gasteiger partial charge in [-0.2, -0.15) is 18.2 Å². The summed E-state index contributed by atoms with van der Waals surface area (Å²) in [5.41, 5.74) is 3.28. The van der Waals surface area contributed by atoms with Crippen LogP contribution in [0.3, 0.4) is 0 Å². The molecule has 1 aromatic heterocycles. The molecule has 1 unspecified atom stereocenters. The Bertz CT molecular complexity index is 869. The average Bonchev–Trinajstić information content (AvgIpc) is 3.27. The van der Waals surface area contributed by atoms with Crippen LogP contribution in [0, 0.1) is 6.92 Å². The summed E-state index contributed by atoms with van der Waals surface area (Å²) in [5, 5.41) is 20.0. The lowest BCUT2D eigenvalue weighted by Gasteiger charge is -2.14. The van der Waals surface area contributed by atoms with Crippen molar-refractivity contribution in [2.75, 3.05) is 5.32 Å². The van der Waals surface area contributed by atoms with Crippen LogP contribution >= 0.6 is 0 Å². The zero-order valence-corrected chi connectivity index (χ0v) is 15.6. The Morgan fingerprint density at radius 3 is 2.52 bits per heavy atom. The second kappa shape index (κ2) is 9.37. The van der Waals surface area contributed by atoms with E-state index in [1.54, 1.807) is 6.92 Å². The van der Waals surface area contributed by atoms with Crippen molar-refractivity contribution in [3.05, 3.63) is 41.0 Å². The minimum absolute atomic E-state index is 0.270. The van der Waals surface area contributed by atoms with Gasteiger partial charge in [0.2, 0.25) is 5.89 Å². The van der Waals surface area contributed by atoms with Gasteiger partial charge in [-0.1, -0.05) is 18.1 Å². The molecule has 0 radical (unpaired) electrons. The van der Waals surface area contributed by atoms with E-state index < -0.39 is 12.1 Å². The van der Waals surface area contributed by atoms with Gasteiger partial charge in [0.05, 0.1) is 6.04 Å². The Hall–Kier alpha value is -3.15. The number of aromatic nitrogens is 2. The first-order valence-electron chi connectivity index (χ1n) is 8.60. The van der Waals surface area contributed by atoms with Crippen LogP contribution in [0.5, 0.6) is 0 Å². The largest absolute Gasteiger partial charge is 0.490 e. The zero-order valence-electron chi connectivity index (χ0n) is 15.6. The van der Waals surface area contributed by atoms with E-state index in [9.17, 15) is 18.0 Å². The lowest BCUT2D eigenvalue weighted by atomic mass is 10.1. The van der Waals surface area contributed by atoms with Crippen LogP contribution in [-0.4, -0.2) is 33.4 Å². The van der Waals surface area contributed by atoms with E-state index in [1.165, 1.54) is 11.1 Å². The third-order valence-corrected chi connectivity index (χ3v) is 3.91. The van der Waals surface area contributed by atoms with E-state index in [2.05, 4.69) is 26.1 Å². The van der Waals surface area contributed by atoms with E-state index in [4.69, 9.17) is 14.4 Å². The number of carboxylic acids is 1. The third kappa shape index (κ3) is 6.45. The number of carbonyl (C=O) groups excluding carboxylic acids is 1. The van der Waals surface area contributed by atoms with E-state index in [0.29, 0.717) is 18.1 Å². The summed E-state index contributed by atoms with van der Waals surface area (Å²) >= 11 is 0. The highest BCUT2D eigenvalue weighted by Crippen LogP contribution is 2.20. The second-order valence-electron chi connectivity index (χ2n) is 6.12. The molecule has 4 N–H and O–H groups in total. The highest BCUT2D eigenvalue weighted by Gasteiger charge is 2.38. The van der Waals surface area contributed by atoms with Gasteiger partial charge in [0.15, 0.2) is 5.82 Å². The van der Waals surface area contributed by atoms with Gasteiger partial charge in [-0.3, -0.25) is 0 Å². The maximum Gasteiger partial charge on any atom is 0.490 e. The van der Waals surface area contributed by atoms with Crippen LogP contribution in [0.15, 0.2) is 22.7 Å². The summed E-state index contributed by atoms with van der Waals surface area (Å²) in [7, 11) is 0. The first-order valence-corrected chi connectivity index (χ1v) is 8.60. The van der Waals surface area contributed by atoms with Gasteiger partial charge in [0.25, 0.3) is 0 Å². The van der Waals surface area contributed by atoms with Crippen LogP contribution in [0.2, 0.25) is 0 Å². The third-order valence-electron chi connectivity index (χ3n) is 3.91. The molecule has 0 bridgehead atoms. The molecule has 0 fully saturated rings. The molecule has 1 atom stereocenters. The van der Waals surface area contributed by atoms with E-state index >= 15 is 0 Å². The number of benzene rings is 1. The summed E-state index contributed by atoms with van der Waals surface area (Å²) in [6.45, 7) is 5.41. The summed E-state index contributed by atoms with van der Waals surface area (Å²) < 4.78 is 36.7. The molecule has 9 nitrogen and oxygen atoms in total. The molecule has 12 heteroatoms. The molecular weight excluding hydrogens is 395 g/mol. The predicted octanol–water partition coefficient (Wildman–Crippen LogP) is 2.89. The van der Waals surface area contributed by atoms with Crippen molar-refractivity contribution in [3.8, 4) is 0 Å². The van der Waals surface area contributed by atoms with Gasteiger partial charge in [-0.15, -0.1) is 0 Å². The van der Waals surface area contributed by atoms with Crippen LogP contribution < -0.4 is 16.0 Å². The number of nitrogens with zero attached hydrogens (tertiary/aromatic N) is 2. The molecule has 29 heavy (non-hydrogen) atoms.